The molecule has 2 heterocycles. The lowest BCUT2D eigenvalue weighted by molar-refractivity contribution is -0.274. The predicted molar refractivity (Wildman–Crippen MR) is 104 cm³/mol. The monoisotopic (exact) mass is 401 g/mol. The van der Waals surface area contributed by atoms with Gasteiger partial charge in [-0.25, -0.2) is 4.98 Å². The molecule has 0 fully saturated rings. The molecule has 0 bridgehead atoms. The lowest BCUT2D eigenvalue weighted by atomic mass is 10.0. The van der Waals surface area contributed by atoms with Gasteiger partial charge >= 0.3 is 6.36 Å². The molecule has 0 saturated heterocycles. The van der Waals surface area contributed by atoms with Crippen molar-refractivity contribution in [3.63, 3.8) is 0 Å². The molecular formula is C20H18F3N5O. The number of aromatic amines is 1. The highest BCUT2D eigenvalue weighted by molar-refractivity contribution is 5.85. The smallest absolute Gasteiger partial charge is 0.406 e. The Hall–Kier alpha value is -3.49. The summed E-state index contributed by atoms with van der Waals surface area (Å²) in [6.45, 7) is 3.99. The number of hydrogen-bond acceptors (Lipinski definition) is 4. The van der Waals surface area contributed by atoms with Crippen LogP contribution < -0.4 is 10.1 Å². The van der Waals surface area contributed by atoms with Crippen LogP contribution in [0.5, 0.6) is 5.75 Å². The Kier molecular flexibility index (Phi) is 4.45. The molecule has 9 heteroatoms. The molecule has 0 aliphatic heterocycles. The predicted octanol–water partition coefficient (Wildman–Crippen LogP) is 5.22. The largest absolute Gasteiger partial charge is 0.573 e. The van der Waals surface area contributed by atoms with Gasteiger partial charge in [-0.3, -0.25) is 4.68 Å². The maximum absolute atomic E-state index is 12.3. The molecule has 29 heavy (non-hydrogen) atoms. The van der Waals surface area contributed by atoms with E-state index in [0.717, 1.165) is 33.5 Å². The summed E-state index contributed by atoms with van der Waals surface area (Å²) in [6, 6.07) is 11.4. The Morgan fingerprint density at radius 1 is 1.07 bits per heavy atom. The number of anilines is 2. The third kappa shape index (κ3) is 3.89. The summed E-state index contributed by atoms with van der Waals surface area (Å²) in [5.74, 6) is 0.209. The summed E-state index contributed by atoms with van der Waals surface area (Å²) in [7, 11) is 1.91. The van der Waals surface area contributed by atoms with E-state index in [4.69, 9.17) is 0 Å². The van der Waals surface area contributed by atoms with E-state index in [1.807, 2.05) is 43.8 Å². The van der Waals surface area contributed by atoms with E-state index in [2.05, 4.69) is 25.1 Å². The standard InChI is InChI=1S/C20H18F3N5O/c1-11-18(12(2)28(3)27-11)13-4-9-16-17(10-13)26-19(25-16)24-14-5-7-15(8-6-14)29-20(21,22)23/h4-10H,1-3H3,(H2,24,25,26). The van der Waals surface area contributed by atoms with Crippen LogP contribution in [0.25, 0.3) is 22.2 Å². The minimum Gasteiger partial charge on any atom is -0.406 e. The molecule has 4 aromatic rings. The van der Waals surface area contributed by atoms with Crippen molar-refractivity contribution in [3.05, 3.63) is 53.9 Å². The van der Waals surface area contributed by atoms with Gasteiger partial charge in [-0.15, -0.1) is 13.2 Å². The van der Waals surface area contributed by atoms with Crippen molar-refractivity contribution in [1.29, 1.82) is 0 Å². The van der Waals surface area contributed by atoms with Gasteiger partial charge in [0.1, 0.15) is 5.75 Å². The van der Waals surface area contributed by atoms with E-state index in [0.29, 0.717) is 11.6 Å². The maximum atomic E-state index is 12.3. The zero-order chi connectivity index (χ0) is 20.8. The van der Waals surface area contributed by atoms with Gasteiger partial charge in [-0.05, 0) is 55.8 Å². The van der Waals surface area contributed by atoms with Crippen LogP contribution in [0.4, 0.5) is 24.8 Å². The molecule has 0 spiro atoms. The number of H-pyrrole nitrogens is 1. The second kappa shape index (κ2) is 6.84. The molecular weight excluding hydrogens is 383 g/mol. The molecule has 4 rings (SSSR count). The van der Waals surface area contributed by atoms with E-state index in [9.17, 15) is 13.2 Å². The van der Waals surface area contributed by atoms with Gasteiger partial charge < -0.3 is 15.0 Å². The first-order valence-electron chi connectivity index (χ1n) is 8.83. The molecule has 150 valence electrons. The van der Waals surface area contributed by atoms with Gasteiger partial charge in [0.05, 0.1) is 16.7 Å². The van der Waals surface area contributed by atoms with Crippen molar-refractivity contribution in [2.75, 3.05) is 5.32 Å². The van der Waals surface area contributed by atoms with Gasteiger partial charge in [-0.2, -0.15) is 5.10 Å². The fourth-order valence-electron chi connectivity index (χ4n) is 3.29. The van der Waals surface area contributed by atoms with Crippen molar-refractivity contribution in [2.45, 2.75) is 20.2 Å². The Morgan fingerprint density at radius 3 is 2.41 bits per heavy atom. The van der Waals surface area contributed by atoms with Crippen LogP contribution in [0, 0.1) is 13.8 Å². The molecule has 2 aromatic carbocycles. The SMILES string of the molecule is Cc1nn(C)c(C)c1-c1ccc2nc(Nc3ccc(OC(F)(F)F)cc3)[nH]c2c1. The molecule has 0 saturated carbocycles. The Bertz CT molecular complexity index is 1180. The van der Waals surface area contributed by atoms with Crippen molar-refractivity contribution in [1.82, 2.24) is 19.7 Å². The Balaban J connectivity index is 1.58. The Morgan fingerprint density at radius 2 is 1.79 bits per heavy atom. The number of alkyl halides is 3. The number of nitrogens with one attached hydrogen (secondary N) is 2. The lowest BCUT2D eigenvalue weighted by Gasteiger charge is -2.09. The summed E-state index contributed by atoms with van der Waals surface area (Å²) >= 11 is 0. The molecule has 6 nitrogen and oxygen atoms in total. The zero-order valence-electron chi connectivity index (χ0n) is 15.9. The van der Waals surface area contributed by atoms with Crippen molar-refractivity contribution < 1.29 is 17.9 Å². The second-order valence-corrected chi connectivity index (χ2v) is 6.68. The molecule has 0 radical (unpaired) electrons. The average Bonchev–Trinajstić information content (AvgIpc) is 3.14. The van der Waals surface area contributed by atoms with Crippen LogP contribution in [0.1, 0.15) is 11.4 Å². The van der Waals surface area contributed by atoms with Gasteiger partial charge in [0, 0.05) is 24.0 Å². The quantitative estimate of drug-likeness (QED) is 0.492. The van der Waals surface area contributed by atoms with Gasteiger partial charge in [0.15, 0.2) is 0 Å². The first kappa shape index (κ1) is 18.9. The first-order valence-corrected chi connectivity index (χ1v) is 8.83. The highest BCUT2D eigenvalue weighted by Crippen LogP contribution is 2.30. The summed E-state index contributed by atoms with van der Waals surface area (Å²) in [6.07, 6.45) is -4.71. The third-order valence-corrected chi connectivity index (χ3v) is 4.63. The molecule has 2 aromatic heterocycles. The molecule has 0 atom stereocenters. The normalized spacial score (nSPS) is 11.8. The molecule has 0 aliphatic rings. The highest BCUT2D eigenvalue weighted by Gasteiger charge is 2.30. The number of aromatic nitrogens is 4. The number of imidazole rings is 1. The fraction of sp³-hybridized carbons (Fsp3) is 0.200. The average molecular weight is 401 g/mol. The van der Waals surface area contributed by atoms with Crippen molar-refractivity contribution >= 4 is 22.7 Å². The summed E-state index contributed by atoms with van der Waals surface area (Å²) in [5, 5.41) is 7.50. The minimum atomic E-state index is -4.71. The van der Waals surface area contributed by atoms with Gasteiger partial charge in [-0.1, -0.05) is 6.07 Å². The third-order valence-electron chi connectivity index (χ3n) is 4.63. The van der Waals surface area contributed by atoms with E-state index >= 15 is 0 Å². The van der Waals surface area contributed by atoms with E-state index in [1.165, 1.54) is 24.3 Å². The lowest BCUT2D eigenvalue weighted by Crippen LogP contribution is -2.16. The van der Waals surface area contributed by atoms with Crippen molar-refractivity contribution in [3.8, 4) is 16.9 Å². The number of rotatable bonds is 4. The minimum absolute atomic E-state index is 0.278. The van der Waals surface area contributed by atoms with Gasteiger partial charge in [0.2, 0.25) is 5.95 Å². The molecule has 0 aliphatic carbocycles. The number of aryl methyl sites for hydroxylation is 2. The topological polar surface area (TPSA) is 67.8 Å². The van der Waals surface area contributed by atoms with Crippen LogP contribution in [0.2, 0.25) is 0 Å². The second-order valence-electron chi connectivity index (χ2n) is 6.68. The number of nitrogens with zero attached hydrogens (tertiary/aromatic N) is 3. The van der Waals surface area contributed by atoms with E-state index in [1.54, 1.807) is 0 Å². The number of hydrogen-bond donors (Lipinski definition) is 2. The number of benzene rings is 2. The van der Waals surface area contributed by atoms with Crippen LogP contribution in [0.3, 0.4) is 0 Å². The van der Waals surface area contributed by atoms with Gasteiger partial charge in [0.25, 0.3) is 0 Å². The fourth-order valence-corrected chi connectivity index (χ4v) is 3.29. The summed E-state index contributed by atoms with van der Waals surface area (Å²) < 4.78 is 42.5. The molecule has 0 unspecified atom stereocenters. The van der Waals surface area contributed by atoms with E-state index < -0.39 is 6.36 Å². The highest BCUT2D eigenvalue weighted by atomic mass is 19.4. The van der Waals surface area contributed by atoms with Crippen LogP contribution >= 0.6 is 0 Å². The van der Waals surface area contributed by atoms with Crippen LogP contribution in [-0.2, 0) is 7.05 Å². The number of halogens is 3. The van der Waals surface area contributed by atoms with E-state index in [-0.39, 0.29) is 5.75 Å². The summed E-state index contributed by atoms with van der Waals surface area (Å²) in [5.41, 5.74) is 6.32. The van der Waals surface area contributed by atoms with Crippen LogP contribution in [-0.4, -0.2) is 26.1 Å². The maximum Gasteiger partial charge on any atom is 0.573 e. The molecule has 0 amide bonds. The number of ether oxygens (including phenoxy) is 1. The Labute approximate surface area is 164 Å². The number of fused-ring (bicyclic) bond motifs is 1. The van der Waals surface area contributed by atoms with Crippen LogP contribution in [0.15, 0.2) is 42.5 Å². The summed E-state index contributed by atoms with van der Waals surface area (Å²) in [4.78, 5) is 7.67. The van der Waals surface area contributed by atoms with Crippen molar-refractivity contribution in [2.24, 2.45) is 7.05 Å². The molecule has 2 N–H and O–H groups in total. The first-order chi connectivity index (χ1) is 13.7. The zero-order valence-corrected chi connectivity index (χ0v) is 15.9.